The Labute approximate surface area is 152 Å². The van der Waals surface area contributed by atoms with Crippen LogP contribution in [0.15, 0.2) is 48.5 Å². The van der Waals surface area contributed by atoms with Gasteiger partial charge in [0.15, 0.2) is 5.13 Å². The predicted octanol–water partition coefficient (Wildman–Crippen LogP) is 4.20. The summed E-state index contributed by atoms with van der Waals surface area (Å²) in [7, 11) is 4.09. The Balaban J connectivity index is 1.92. The standard InChI is InChI=1S/C20H23N3OS/c1-15-8-6-9-16(14-15)19(24)23(13-7-12-22(2)3)20-21-17-10-4-5-11-18(17)25-20/h4-6,8-11,14H,7,12-13H2,1-3H3. The number of fused-ring (bicyclic) bond motifs is 1. The summed E-state index contributed by atoms with van der Waals surface area (Å²) < 4.78 is 1.10. The molecule has 3 aromatic rings. The van der Waals surface area contributed by atoms with E-state index in [2.05, 4.69) is 9.88 Å². The molecule has 0 aliphatic carbocycles. The predicted molar refractivity (Wildman–Crippen MR) is 106 cm³/mol. The fourth-order valence-corrected chi connectivity index (χ4v) is 3.73. The van der Waals surface area contributed by atoms with Crippen LogP contribution in [0.5, 0.6) is 0 Å². The largest absolute Gasteiger partial charge is 0.309 e. The number of amides is 1. The fourth-order valence-electron chi connectivity index (χ4n) is 2.74. The minimum atomic E-state index is 0.0153. The first-order valence-electron chi connectivity index (χ1n) is 8.43. The summed E-state index contributed by atoms with van der Waals surface area (Å²) in [4.78, 5) is 21.8. The van der Waals surface area contributed by atoms with Crippen LogP contribution >= 0.6 is 11.3 Å². The zero-order chi connectivity index (χ0) is 17.8. The molecule has 0 aliphatic rings. The average Bonchev–Trinajstić information content (AvgIpc) is 3.01. The van der Waals surface area contributed by atoms with E-state index in [1.807, 2.05) is 74.4 Å². The van der Waals surface area contributed by atoms with Gasteiger partial charge in [0.1, 0.15) is 0 Å². The molecule has 0 spiro atoms. The second-order valence-electron chi connectivity index (χ2n) is 6.45. The van der Waals surface area contributed by atoms with Gasteiger partial charge in [0.2, 0.25) is 0 Å². The molecule has 1 heterocycles. The van der Waals surface area contributed by atoms with Crippen molar-refractivity contribution in [3.63, 3.8) is 0 Å². The molecule has 0 atom stereocenters. The summed E-state index contributed by atoms with van der Waals surface area (Å²) in [6.45, 7) is 3.60. The van der Waals surface area contributed by atoms with Gasteiger partial charge in [-0.3, -0.25) is 9.69 Å². The van der Waals surface area contributed by atoms with Gasteiger partial charge in [-0.15, -0.1) is 0 Å². The van der Waals surface area contributed by atoms with Crippen molar-refractivity contribution in [2.24, 2.45) is 0 Å². The monoisotopic (exact) mass is 353 g/mol. The van der Waals surface area contributed by atoms with Crippen molar-refractivity contribution >= 4 is 32.6 Å². The Hall–Kier alpha value is -2.24. The molecule has 0 fully saturated rings. The second kappa shape index (κ2) is 7.76. The molecule has 130 valence electrons. The van der Waals surface area contributed by atoms with E-state index in [1.54, 1.807) is 11.3 Å². The summed E-state index contributed by atoms with van der Waals surface area (Å²) in [5.41, 5.74) is 2.74. The van der Waals surface area contributed by atoms with Crippen LogP contribution in [0, 0.1) is 6.92 Å². The number of aromatic nitrogens is 1. The third kappa shape index (κ3) is 4.24. The van der Waals surface area contributed by atoms with Crippen LogP contribution in [-0.4, -0.2) is 43.0 Å². The topological polar surface area (TPSA) is 36.4 Å². The van der Waals surface area contributed by atoms with E-state index in [1.165, 1.54) is 0 Å². The summed E-state index contributed by atoms with van der Waals surface area (Å²) in [5, 5.41) is 0.770. The fraction of sp³-hybridized carbons (Fsp3) is 0.300. The summed E-state index contributed by atoms with van der Waals surface area (Å²) in [6.07, 6.45) is 0.903. The van der Waals surface area contributed by atoms with Gasteiger partial charge in [0, 0.05) is 12.1 Å². The van der Waals surface area contributed by atoms with Crippen LogP contribution in [0.1, 0.15) is 22.3 Å². The number of hydrogen-bond acceptors (Lipinski definition) is 4. The van der Waals surface area contributed by atoms with Crippen molar-refractivity contribution in [3.05, 3.63) is 59.7 Å². The van der Waals surface area contributed by atoms with Crippen molar-refractivity contribution in [2.75, 3.05) is 32.1 Å². The first-order chi connectivity index (χ1) is 12.0. The van der Waals surface area contributed by atoms with Crippen LogP contribution < -0.4 is 4.90 Å². The smallest absolute Gasteiger partial charge is 0.260 e. The maximum Gasteiger partial charge on any atom is 0.260 e. The molecule has 3 rings (SSSR count). The lowest BCUT2D eigenvalue weighted by atomic mass is 10.1. The third-order valence-electron chi connectivity index (χ3n) is 4.01. The number of carbonyl (C=O) groups excluding carboxylic acids is 1. The molecule has 1 amide bonds. The van der Waals surface area contributed by atoms with Gasteiger partial charge in [0.25, 0.3) is 5.91 Å². The Morgan fingerprint density at radius 2 is 1.88 bits per heavy atom. The van der Waals surface area contributed by atoms with E-state index in [0.29, 0.717) is 12.1 Å². The highest BCUT2D eigenvalue weighted by Crippen LogP contribution is 2.29. The molecule has 0 bridgehead atoms. The van der Waals surface area contributed by atoms with E-state index >= 15 is 0 Å². The van der Waals surface area contributed by atoms with Crippen LogP contribution in [-0.2, 0) is 0 Å². The molecule has 0 unspecified atom stereocenters. The molecule has 25 heavy (non-hydrogen) atoms. The number of thiazole rings is 1. The Morgan fingerprint density at radius 3 is 2.60 bits per heavy atom. The van der Waals surface area contributed by atoms with Gasteiger partial charge in [-0.25, -0.2) is 4.98 Å². The molecular weight excluding hydrogens is 330 g/mol. The van der Waals surface area contributed by atoms with Crippen LogP contribution in [0.25, 0.3) is 10.2 Å². The summed E-state index contributed by atoms with van der Waals surface area (Å²) >= 11 is 1.57. The highest BCUT2D eigenvalue weighted by atomic mass is 32.1. The zero-order valence-electron chi connectivity index (χ0n) is 14.9. The Morgan fingerprint density at radius 1 is 1.08 bits per heavy atom. The highest BCUT2D eigenvalue weighted by Gasteiger charge is 2.21. The molecule has 0 aliphatic heterocycles. The van der Waals surface area contributed by atoms with E-state index in [4.69, 9.17) is 0 Å². The average molecular weight is 353 g/mol. The first kappa shape index (κ1) is 17.6. The van der Waals surface area contributed by atoms with Gasteiger partial charge >= 0.3 is 0 Å². The van der Waals surface area contributed by atoms with Gasteiger partial charge < -0.3 is 4.90 Å². The Bertz CT molecular complexity index is 839. The van der Waals surface area contributed by atoms with Crippen molar-refractivity contribution in [1.82, 2.24) is 9.88 Å². The molecular formula is C20H23N3OS. The van der Waals surface area contributed by atoms with Crippen molar-refractivity contribution in [1.29, 1.82) is 0 Å². The van der Waals surface area contributed by atoms with Crippen molar-refractivity contribution in [3.8, 4) is 0 Å². The molecule has 4 nitrogen and oxygen atoms in total. The number of para-hydroxylation sites is 1. The van der Waals surface area contributed by atoms with Gasteiger partial charge in [-0.2, -0.15) is 0 Å². The van der Waals surface area contributed by atoms with E-state index in [9.17, 15) is 4.79 Å². The molecule has 0 saturated carbocycles. The molecule has 2 aromatic carbocycles. The van der Waals surface area contributed by atoms with Gasteiger partial charge in [-0.1, -0.05) is 41.2 Å². The van der Waals surface area contributed by atoms with E-state index in [-0.39, 0.29) is 5.91 Å². The number of nitrogens with zero attached hydrogens (tertiary/aromatic N) is 3. The molecule has 5 heteroatoms. The zero-order valence-corrected chi connectivity index (χ0v) is 15.7. The number of hydrogen-bond donors (Lipinski definition) is 0. The third-order valence-corrected chi connectivity index (χ3v) is 5.07. The lowest BCUT2D eigenvalue weighted by Crippen LogP contribution is -2.33. The number of carbonyl (C=O) groups is 1. The number of benzene rings is 2. The summed E-state index contributed by atoms with van der Waals surface area (Å²) in [5.74, 6) is 0.0153. The second-order valence-corrected chi connectivity index (χ2v) is 7.46. The minimum Gasteiger partial charge on any atom is -0.309 e. The van der Waals surface area contributed by atoms with Gasteiger partial charge in [0.05, 0.1) is 10.2 Å². The maximum atomic E-state index is 13.1. The minimum absolute atomic E-state index is 0.0153. The lowest BCUT2D eigenvalue weighted by molar-refractivity contribution is 0.0986. The maximum absolute atomic E-state index is 13.1. The van der Waals surface area contributed by atoms with Gasteiger partial charge in [-0.05, 0) is 58.3 Å². The number of rotatable bonds is 6. The molecule has 0 N–H and O–H groups in total. The lowest BCUT2D eigenvalue weighted by Gasteiger charge is -2.21. The highest BCUT2D eigenvalue weighted by molar-refractivity contribution is 7.22. The van der Waals surface area contributed by atoms with Crippen LogP contribution in [0.2, 0.25) is 0 Å². The van der Waals surface area contributed by atoms with E-state index < -0.39 is 0 Å². The normalized spacial score (nSPS) is 11.2. The van der Waals surface area contributed by atoms with Crippen molar-refractivity contribution in [2.45, 2.75) is 13.3 Å². The Kier molecular flexibility index (Phi) is 5.46. The number of aryl methyl sites for hydroxylation is 1. The first-order valence-corrected chi connectivity index (χ1v) is 9.25. The quantitative estimate of drug-likeness (QED) is 0.666. The van der Waals surface area contributed by atoms with E-state index in [0.717, 1.165) is 33.9 Å². The summed E-state index contributed by atoms with van der Waals surface area (Å²) in [6, 6.07) is 15.8. The molecule has 0 saturated heterocycles. The van der Waals surface area contributed by atoms with Crippen LogP contribution in [0.3, 0.4) is 0 Å². The SMILES string of the molecule is Cc1cccc(C(=O)N(CCCN(C)C)c2nc3ccccc3s2)c1. The van der Waals surface area contributed by atoms with Crippen molar-refractivity contribution < 1.29 is 4.79 Å². The molecule has 0 radical (unpaired) electrons. The molecule has 1 aromatic heterocycles. The van der Waals surface area contributed by atoms with Crippen LogP contribution in [0.4, 0.5) is 5.13 Å². The number of anilines is 1.